The number of carboxylic acids is 1. The second-order valence-corrected chi connectivity index (χ2v) is 11.0. The average Bonchev–Trinajstić information content (AvgIpc) is 2.99. The molecule has 2 aliphatic heterocycles. The number of piperidine rings is 1. The molecule has 41 heavy (non-hydrogen) atoms. The van der Waals surface area contributed by atoms with Crippen LogP contribution in [0.4, 0.5) is 16.0 Å². The lowest BCUT2D eigenvalue weighted by atomic mass is 9.95. The molecule has 12 heteroatoms. The summed E-state index contributed by atoms with van der Waals surface area (Å²) in [5.41, 5.74) is 2.35. The van der Waals surface area contributed by atoms with Gasteiger partial charge < -0.3 is 25.0 Å². The monoisotopic (exact) mass is 601 g/mol. The van der Waals surface area contributed by atoms with E-state index in [9.17, 15) is 14.7 Å². The second-order valence-electron chi connectivity index (χ2n) is 10.1. The molecule has 2 aliphatic rings. The van der Waals surface area contributed by atoms with Crippen LogP contribution in [0.2, 0.25) is 10.0 Å². The quantitative estimate of drug-likeness (QED) is 0.390. The van der Waals surface area contributed by atoms with E-state index in [2.05, 4.69) is 15.3 Å². The molecule has 0 radical (unpaired) electrons. The Labute approximate surface area is 247 Å². The van der Waals surface area contributed by atoms with Gasteiger partial charge in [0.2, 0.25) is 11.7 Å². The first-order chi connectivity index (χ1) is 19.8. The van der Waals surface area contributed by atoms with Crippen LogP contribution in [0.15, 0.2) is 48.8 Å². The molecule has 2 atom stereocenters. The number of morpholine rings is 1. The first-order valence-corrected chi connectivity index (χ1v) is 14.2. The van der Waals surface area contributed by atoms with Crippen molar-refractivity contribution in [1.29, 1.82) is 0 Å². The molecule has 1 aromatic heterocycles. The SMILES string of the molecule is O=C(NC(Cc1ccc(-c2cc(Cl)ccc2Cl)cc1)C(=O)O)C1CCCN(c2ncnc(N3CCOCC3)c2F)C1. The summed E-state index contributed by atoms with van der Waals surface area (Å²) in [4.78, 5) is 37.2. The van der Waals surface area contributed by atoms with Gasteiger partial charge in [-0.15, -0.1) is 0 Å². The van der Waals surface area contributed by atoms with Gasteiger partial charge in [0.25, 0.3) is 0 Å². The minimum Gasteiger partial charge on any atom is -0.480 e. The van der Waals surface area contributed by atoms with Crippen LogP contribution in [-0.4, -0.2) is 72.4 Å². The zero-order valence-corrected chi connectivity index (χ0v) is 23.7. The number of amides is 1. The largest absolute Gasteiger partial charge is 0.480 e. The first-order valence-electron chi connectivity index (χ1n) is 13.5. The summed E-state index contributed by atoms with van der Waals surface area (Å²) >= 11 is 12.4. The predicted octanol–water partition coefficient (Wildman–Crippen LogP) is 4.45. The molecule has 2 unspecified atom stereocenters. The fourth-order valence-electron chi connectivity index (χ4n) is 5.22. The van der Waals surface area contributed by atoms with Gasteiger partial charge in [-0.25, -0.2) is 14.8 Å². The normalized spacial score (nSPS) is 18.2. The minimum absolute atomic E-state index is 0.102. The molecule has 2 fully saturated rings. The fraction of sp³-hybridized carbons (Fsp3) is 0.379. The van der Waals surface area contributed by atoms with Crippen molar-refractivity contribution < 1.29 is 23.8 Å². The fourth-order valence-corrected chi connectivity index (χ4v) is 5.61. The maximum Gasteiger partial charge on any atom is 0.326 e. The zero-order valence-electron chi connectivity index (χ0n) is 22.2. The lowest BCUT2D eigenvalue weighted by Crippen LogP contribution is -2.49. The van der Waals surface area contributed by atoms with Gasteiger partial charge in [-0.2, -0.15) is 4.39 Å². The van der Waals surface area contributed by atoms with Gasteiger partial charge >= 0.3 is 5.97 Å². The number of nitrogens with zero attached hydrogens (tertiary/aromatic N) is 4. The molecule has 1 amide bonds. The van der Waals surface area contributed by atoms with Crippen molar-refractivity contribution in [3.8, 4) is 11.1 Å². The number of carbonyl (C=O) groups excluding carboxylic acids is 1. The van der Waals surface area contributed by atoms with Crippen LogP contribution >= 0.6 is 23.2 Å². The van der Waals surface area contributed by atoms with Gasteiger partial charge in [-0.05, 0) is 42.2 Å². The van der Waals surface area contributed by atoms with Crippen molar-refractivity contribution in [2.75, 3.05) is 49.2 Å². The van der Waals surface area contributed by atoms with Gasteiger partial charge in [0.05, 0.1) is 19.1 Å². The molecule has 0 spiro atoms. The summed E-state index contributed by atoms with van der Waals surface area (Å²) in [6.07, 6.45) is 2.63. The van der Waals surface area contributed by atoms with Gasteiger partial charge in [0, 0.05) is 48.2 Å². The molecule has 2 aromatic carbocycles. The second kappa shape index (κ2) is 13.0. The molecule has 0 saturated carbocycles. The Kier molecular flexibility index (Phi) is 9.22. The summed E-state index contributed by atoms with van der Waals surface area (Å²) in [6.45, 7) is 2.82. The number of halogens is 3. The molecule has 216 valence electrons. The van der Waals surface area contributed by atoms with Crippen LogP contribution < -0.4 is 15.1 Å². The predicted molar refractivity (Wildman–Crippen MR) is 155 cm³/mol. The molecule has 5 rings (SSSR count). The first kappa shape index (κ1) is 29.0. The van der Waals surface area contributed by atoms with E-state index in [4.69, 9.17) is 27.9 Å². The van der Waals surface area contributed by atoms with Crippen molar-refractivity contribution in [1.82, 2.24) is 15.3 Å². The Morgan fingerprint density at radius 3 is 2.46 bits per heavy atom. The molecule has 2 saturated heterocycles. The van der Waals surface area contributed by atoms with E-state index in [1.807, 2.05) is 17.0 Å². The van der Waals surface area contributed by atoms with Crippen molar-refractivity contribution in [3.63, 3.8) is 0 Å². The highest BCUT2D eigenvalue weighted by Crippen LogP contribution is 2.31. The zero-order chi connectivity index (χ0) is 28.9. The van der Waals surface area contributed by atoms with Crippen LogP contribution in [0.3, 0.4) is 0 Å². The molecular formula is C29H30Cl2FN5O4. The van der Waals surface area contributed by atoms with Gasteiger partial charge in [0.15, 0.2) is 11.6 Å². The molecule has 9 nitrogen and oxygen atoms in total. The highest BCUT2D eigenvalue weighted by atomic mass is 35.5. The Morgan fingerprint density at radius 2 is 1.76 bits per heavy atom. The highest BCUT2D eigenvalue weighted by Gasteiger charge is 2.32. The third kappa shape index (κ3) is 6.89. The molecule has 3 aromatic rings. The van der Waals surface area contributed by atoms with Gasteiger partial charge in [-0.1, -0.05) is 47.5 Å². The van der Waals surface area contributed by atoms with Crippen molar-refractivity contribution in [3.05, 3.63) is 70.2 Å². The van der Waals surface area contributed by atoms with E-state index >= 15 is 4.39 Å². The summed E-state index contributed by atoms with van der Waals surface area (Å²) in [6, 6.07) is 11.4. The van der Waals surface area contributed by atoms with Crippen LogP contribution in [0.1, 0.15) is 18.4 Å². The Balaban J connectivity index is 1.24. The Bertz CT molecular complexity index is 1400. The van der Waals surface area contributed by atoms with E-state index in [1.54, 1.807) is 35.2 Å². The van der Waals surface area contributed by atoms with E-state index in [0.717, 1.165) is 16.7 Å². The van der Waals surface area contributed by atoms with E-state index < -0.39 is 23.7 Å². The number of hydrogen-bond acceptors (Lipinski definition) is 7. The Hall–Kier alpha value is -3.47. The number of aromatic nitrogens is 2. The number of carboxylic acid groups (broad SMARTS) is 1. The smallest absolute Gasteiger partial charge is 0.326 e. The average molecular weight is 602 g/mol. The van der Waals surface area contributed by atoms with Gasteiger partial charge in [-0.3, -0.25) is 4.79 Å². The maximum absolute atomic E-state index is 15.5. The molecule has 0 aliphatic carbocycles. The maximum atomic E-state index is 15.5. The van der Waals surface area contributed by atoms with Gasteiger partial charge in [0.1, 0.15) is 12.4 Å². The molecule has 0 bridgehead atoms. The number of nitrogens with one attached hydrogen (secondary N) is 1. The third-order valence-corrected chi connectivity index (χ3v) is 7.97. The van der Waals surface area contributed by atoms with Crippen molar-refractivity contribution >= 4 is 46.7 Å². The van der Waals surface area contributed by atoms with E-state index in [-0.39, 0.29) is 30.5 Å². The Morgan fingerprint density at radius 1 is 1.05 bits per heavy atom. The summed E-state index contributed by atoms with van der Waals surface area (Å²) < 4.78 is 20.8. The lowest BCUT2D eigenvalue weighted by molar-refractivity contribution is -0.142. The lowest BCUT2D eigenvalue weighted by Gasteiger charge is -2.34. The van der Waals surface area contributed by atoms with Crippen molar-refractivity contribution in [2.45, 2.75) is 25.3 Å². The standard InChI is InChI=1S/C29H30Cl2FN5O4/c30-21-7-8-23(31)22(15-21)19-5-3-18(4-6-19)14-24(29(39)40)35-28(38)20-2-1-9-37(16-20)27-25(32)26(33-17-34-27)36-10-12-41-13-11-36/h3-8,15,17,20,24H,1-2,9-14,16H2,(H,35,38)(H,39,40). The number of aliphatic carboxylic acids is 1. The number of hydrogen-bond donors (Lipinski definition) is 2. The number of ether oxygens (including phenoxy) is 1. The number of benzene rings is 2. The van der Waals surface area contributed by atoms with Crippen LogP contribution in [0.25, 0.3) is 11.1 Å². The summed E-state index contributed by atoms with van der Waals surface area (Å²) in [5, 5.41) is 13.7. The molecule has 3 heterocycles. The molecular weight excluding hydrogens is 572 g/mol. The minimum atomic E-state index is -1.13. The topological polar surface area (TPSA) is 108 Å². The van der Waals surface area contributed by atoms with Crippen LogP contribution in [0, 0.1) is 11.7 Å². The van der Waals surface area contributed by atoms with E-state index in [0.29, 0.717) is 55.7 Å². The summed E-state index contributed by atoms with van der Waals surface area (Å²) in [7, 11) is 0. The summed E-state index contributed by atoms with van der Waals surface area (Å²) in [5.74, 6) is -2.19. The van der Waals surface area contributed by atoms with Crippen LogP contribution in [-0.2, 0) is 20.7 Å². The van der Waals surface area contributed by atoms with Crippen LogP contribution in [0.5, 0.6) is 0 Å². The number of carbonyl (C=O) groups is 2. The van der Waals surface area contributed by atoms with E-state index in [1.165, 1.54) is 6.33 Å². The highest BCUT2D eigenvalue weighted by molar-refractivity contribution is 6.35. The molecule has 2 N–H and O–H groups in total. The number of rotatable bonds is 8. The van der Waals surface area contributed by atoms with Crippen molar-refractivity contribution in [2.24, 2.45) is 5.92 Å². The third-order valence-electron chi connectivity index (χ3n) is 7.40. The number of anilines is 2.